The molecule has 21 heavy (non-hydrogen) atoms. The molecule has 100 valence electrons. The highest BCUT2D eigenvalue weighted by atomic mass is 16.1. The Balaban J connectivity index is 2.11. The number of rotatable bonds is 0. The van der Waals surface area contributed by atoms with E-state index in [1.165, 1.54) is 32.5 Å². The second kappa shape index (κ2) is 3.82. The molecule has 0 bridgehead atoms. The predicted molar refractivity (Wildman–Crippen MR) is 87.4 cm³/mol. The lowest BCUT2D eigenvalue weighted by Crippen LogP contribution is -2.11. The average Bonchev–Trinajstić information content (AvgIpc) is 2.52. The van der Waals surface area contributed by atoms with Crippen LogP contribution < -0.4 is 0 Å². The highest BCUT2D eigenvalue weighted by Crippen LogP contribution is 2.39. The van der Waals surface area contributed by atoms with Gasteiger partial charge in [-0.3, -0.25) is 4.79 Å². The quantitative estimate of drug-likeness (QED) is 0.406. The van der Waals surface area contributed by atoms with Crippen LogP contribution in [0.5, 0.6) is 0 Å². The molecule has 0 aliphatic heterocycles. The molecule has 0 aromatic heterocycles. The third-order valence-corrected chi connectivity index (χ3v) is 4.86. The number of fused-ring (bicyclic) bond motifs is 2. The Labute approximate surface area is 122 Å². The van der Waals surface area contributed by atoms with Crippen molar-refractivity contribution in [3.8, 4) is 0 Å². The fraction of sp³-hybridized carbons (Fsp3) is 0.150. The summed E-state index contributed by atoms with van der Waals surface area (Å²) in [6.07, 6.45) is 2.70. The Kier molecular flexibility index (Phi) is 2.05. The first kappa shape index (κ1) is 11.3. The van der Waals surface area contributed by atoms with Gasteiger partial charge in [0.1, 0.15) is 0 Å². The summed E-state index contributed by atoms with van der Waals surface area (Å²) in [5.41, 5.74) is 2.21. The van der Waals surface area contributed by atoms with E-state index in [1.54, 1.807) is 0 Å². The molecule has 1 aliphatic rings. The normalized spacial score (nSPS) is 15.1. The van der Waals surface area contributed by atoms with Gasteiger partial charge in [-0.05, 0) is 50.7 Å². The lowest BCUT2D eigenvalue weighted by atomic mass is 9.83. The van der Waals surface area contributed by atoms with Gasteiger partial charge in [-0.15, -0.1) is 0 Å². The Bertz CT molecular complexity index is 1010. The maximum atomic E-state index is 12.4. The Morgan fingerprint density at radius 1 is 0.762 bits per heavy atom. The summed E-state index contributed by atoms with van der Waals surface area (Å²) in [6.45, 7) is 0. The fourth-order valence-corrected chi connectivity index (χ4v) is 3.96. The third-order valence-electron chi connectivity index (χ3n) is 4.86. The number of hydrogen-bond donors (Lipinski definition) is 0. The average molecular weight is 270 g/mol. The van der Waals surface area contributed by atoms with E-state index >= 15 is 0 Å². The zero-order valence-corrected chi connectivity index (χ0v) is 11.6. The molecule has 1 heteroatoms. The van der Waals surface area contributed by atoms with Crippen molar-refractivity contribution in [3.05, 3.63) is 59.7 Å². The number of hydrogen-bond acceptors (Lipinski definition) is 1. The summed E-state index contributed by atoms with van der Waals surface area (Å²) in [7, 11) is 0. The number of Topliss-reactive ketones (excluding diaryl/α,β-unsaturated/α-hetero) is 1. The molecule has 0 saturated heterocycles. The predicted octanol–water partition coefficient (Wildman–Crippen LogP) is 5.10. The summed E-state index contributed by atoms with van der Waals surface area (Å²) < 4.78 is 0. The van der Waals surface area contributed by atoms with Crippen LogP contribution >= 0.6 is 0 Å². The lowest BCUT2D eigenvalue weighted by Gasteiger charge is -2.20. The zero-order chi connectivity index (χ0) is 14.0. The van der Waals surface area contributed by atoms with Crippen LogP contribution in [0.15, 0.2) is 48.5 Å². The van der Waals surface area contributed by atoms with Crippen LogP contribution in [0.4, 0.5) is 0 Å². The first-order valence-corrected chi connectivity index (χ1v) is 7.55. The summed E-state index contributed by atoms with van der Waals surface area (Å²) in [6, 6.07) is 17.3. The molecule has 0 atom stereocenters. The highest BCUT2D eigenvalue weighted by Gasteiger charge is 2.22. The van der Waals surface area contributed by atoms with Gasteiger partial charge in [-0.2, -0.15) is 0 Å². The molecule has 0 spiro atoms. The van der Waals surface area contributed by atoms with Crippen molar-refractivity contribution in [2.75, 3.05) is 0 Å². The third kappa shape index (κ3) is 1.38. The fourth-order valence-electron chi connectivity index (χ4n) is 3.96. The topological polar surface area (TPSA) is 17.1 Å². The van der Waals surface area contributed by atoms with Gasteiger partial charge in [0.2, 0.25) is 0 Å². The standard InChI is InChI=1S/C20H14O/c21-17-6-2-5-14-11-15-8-7-12-3-1-4-13-9-10-16(19(14)17)20(15)18(12)13/h1,3-4,7-11H,2,5-6H2. The van der Waals surface area contributed by atoms with Crippen LogP contribution in [0.1, 0.15) is 28.8 Å². The molecule has 1 aliphatic carbocycles. The van der Waals surface area contributed by atoms with Gasteiger partial charge in [0.25, 0.3) is 0 Å². The number of aryl methyl sites for hydroxylation is 1. The first-order chi connectivity index (χ1) is 10.3. The van der Waals surface area contributed by atoms with E-state index in [1.807, 2.05) is 0 Å². The zero-order valence-electron chi connectivity index (χ0n) is 11.6. The van der Waals surface area contributed by atoms with Gasteiger partial charge in [-0.25, -0.2) is 0 Å². The first-order valence-electron chi connectivity index (χ1n) is 7.55. The Morgan fingerprint density at radius 2 is 1.52 bits per heavy atom. The van der Waals surface area contributed by atoms with Crippen molar-refractivity contribution in [2.45, 2.75) is 19.3 Å². The maximum Gasteiger partial charge on any atom is 0.163 e. The minimum atomic E-state index is 0.314. The smallest absolute Gasteiger partial charge is 0.163 e. The van der Waals surface area contributed by atoms with E-state index in [4.69, 9.17) is 0 Å². The monoisotopic (exact) mass is 270 g/mol. The summed E-state index contributed by atoms with van der Waals surface area (Å²) >= 11 is 0. The molecule has 0 heterocycles. The van der Waals surface area contributed by atoms with Gasteiger partial charge >= 0.3 is 0 Å². The van der Waals surface area contributed by atoms with Gasteiger partial charge in [0, 0.05) is 12.0 Å². The van der Waals surface area contributed by atoms with Crippen LogP contribution in [0, 0.1) is 0 Å². The highest BCUT2D eigenvalue weighted by molar-refractivity contribution is 6.27. The van der Waals surface area contributed by atoms with Gasteiger partial charge < -0.3 is 0 Å². The van der Waals surface area contributed by atoms with Crippen molar-refractivity contribution < 1.29 is 4.79 Å². The molecule has 0 fully saturated rings. The van der Waals surface area contributed by atoms with E-state index in [0.29, 0.717) is 12.2 Å². The molecular weight excluding hydrogens is 256 g/mol. The van der Waals surface area contributed by atoms with Crippen LogP contribution in [0.2, 0.25) is 0 Å². The minimum Gasteiger partial charge on any atom is -0.294 e. The van der Waals surface area contributed by atoms with Crippen LogP contribution in [-0.4, -0.2) is 5.78 Å². The molecular formula is C20H14O. The molecule has 4 aromatic carbocycles. The van der Waals surface area contributed by atoms with E-state index in [2.05, 4.69) is 48.5 Å². The number of benzene rings is 4. The van der Waals surface area contributed by atoms with E-state index < -0.39 is 0 Å². The molecule has 0 saturated carbocycles. The van der Waals surface area contributed by atoms with E-state index in [9.17, 15) is 4.79 Å². The largest absolute Gasteiger partial charge is 0.294 e. The molecule has 4 aromatic rings. The van der Waals surface area contributed by atoms with Crippen LogP contribution in [0.3, 0.4) is 0 Å². The molecule has 0 radical (unpaired) electrons. The van der Waals surface area contributed by atoms with Crippen molar-refractivity contribution in [3.63, 3.8) is 0 Å². The molecule has 0 amide bonds. The van der Waals surface area contributed by atoms with E-state index in [-0.39, 0.29) is 0 Å². The lowest BCUT2D eigenvalue weighted by molar-refractivity contribution is 0.0974. The Morgan fingerprint density at radius 3 is 2.38 bits per heavy atom. The number of carbonyl (C=O) groups excluding carboxylic acids is 1. The van der Waals surface area contributed by atoms with Crippen molar-refractivity contribution in [1.82, 2.24) is 0 Å². The van der Waals surface area contributed by atoms with Crippen molar-refractivity contribution >= 4 is 38.1 Å². The molecule has 1 nitrogen and oxygen atoms in total. The van der Waals surface area contributed by atoms with Crippen molar-refractivity contribution in [1.29, 1.82) is 0 Å². The summed E-state index contributed by atoms with van der Waals surface area (Å²) in [4.78, 5) is 12.4. The summed E-state index contributed by atoms with van der Waals surface area (Å²) in [5, 5.41) is 7.50. The second-order valence-corrected chi connectivity index (χ2v) is 6.04. The molecule has 0 unspecified atom stereocenters. The van der Waals surface area contributed by atoms with Gasteiger partial charge in [0.15, 0.2) is 5.78 Å². The van der Waals surface area contributed by atoms with Crippen LogP contribution in [-0.2, 0) is 6.42 Å². The van der Waals surface area contributed by atoms with Crippen molar-refractivity contribution in [2.24, 2.45) is 0 Å². The number of carbonyl (C=O) groups is 1. The van der Waals surface area contributed by atoms with Gasteiger partial charge in [-0.1, -0.05) is 48.5 Å². The van der Waals surface area contributed by atoms with E-state index in [0.717, 1.165) is 23.8 Å². The maximum absolute atomic E-state index is 12.4. The molecule has 0 N–H and O–H groups in total. The minimum absolute atomic E-state index is 0.314. The SMILES string of the molecule is O=C1CCCc2cc3ccc4cccc5ccc(c21)c3c45. The van der Waals surface area contributed by atoms with Gasteiger partial charge in [0.05, 0.1) is 0 Å². The second-order valence-electron chi connectivity index (χ2n) is 6.04. The number of ketones is 1. The Hall–Kier alpha value is -2.41. The van der Waals surface area contributed by atoms with Crippen LogP contribution in [0.25, 0.3) is 32.3 Å². The summed E-state index contributed by atoms with van der Waals surface area (Å²) in [5.74, 6) is 0.314. The molecule has 5 rings (SSSR count).